The highest BCUT2D eigenvalue weighted by atomic mass is 16.6. The summed E-state index contributed by atoms with van der Waals surface area (Å²) in [6, 6.07) is 16.5. The van der Waals surface area contributed by atoms with Crippen LogP contribution in [-0.2, 0) is 11.3 Å². The van der Waals surface area contributed by atoms with Gasteiger partial charge >= 0.3 is 6.09 Å². The van der Waals surface area contributed by atoms with Gasteiger partial charge in [0.1, 0.15) is 11.4 Å². The number of ether oxygens (including phenoxy) is 2. The molecule has 9 heteroatoms. The highest BCUT2D eigenvalue weighted by Gasteiger charge is 2.27. The van der Waals surface area contributed by atoms with Crippen molar-refractivity contribution in [3.05, 3.63) is 71.7 Å². The third-order valence-electron chi connectivity index (χ3n) is 7.06. The molecule has 40 heavy (non-hydrogen) atoms. The Morgan fingerprint density at radius 2 is 1.77 bits per heavy atom. The molecule has 1 saturated heterocycles. The minimum Gasteiger partial charge on any atom is -0.493 e. The minimum absolute atomic E-state index is 0.245. The Balaban J connectivity index is 1.30. The molecule has 0 atom stereocenters. The predicted molar refractivity (Wildman–Crippen MR) is 152 cm³/mol. The van der Waals surface area contributed by atoms with Gasteiger partial charge < -0.3 is 18.9 Å². The summed E-state index contributed by atoms with van der Waals surface area (Å²) >= 11 is 0. The van der Waals surface area contributed by atoms with Crippen molar-refractivity contribution >= 4 is 6.09 Å². The molecule has 2 aromatic heterocycles. The van der Waals surface area contributed by atoms with Crippen LogP contribution in [0.25, 0.3) is 22.6 Å². The molecule has 0 N–H and O–H groups in total. The van der Waals surface area contributed by atoms with E-state index in [1.54, 1.807) is 4.90 Å². The summed E-state index contributed by atoms with van der Waals surface area (Å²) in [6.07, 6.45) is 2.82. The summed E-state index contributed by atoms with van der Waals surface area (Å²) in [5, 5.41) is 9.00. The summed E-state index contributed by atoms with van der Waals surface area (Å²) in [4.78, 5) is 18.5. The molecule has 0 aliphatic carbocycles. The molecule has 2 aromatic carbocycles. The molecule has 3 heterocycles. The smallest absolute Gasteiger partial charge is 0.410 e. The first-order chi connectivity index (χ1) is 19.1. The highest BCUT2D eigenvalue weighted by Crippen LogP contribution is 2.34. The molecule has 1 amide bonds. The van der Waals surface area contributed by atoms with Gasteiger partial charge in [-0.1, -0.05) is 35.0 Å². The molecule has 0 unspecified atom stereocenters. The first-order valence-corrected chi connectivity index (χ1v) is 13.8. The van der Waals surface area contributed by atoms with Gasteiger partial charge in [-0.3, -0.25) is 4.68 Å². The van der Waals surface area contributed by atoms with E-state index in [2.05, 4.69) is 54.3 Å². The number of piperidine rings is 1. The van der Waals surface area contributed by atoms with E-state index in [1.807, 2.05) is 43.7 Å². The molecule has 0 radical (unpaired) electrons. The van der Waals surface area contributed by atoms with Crippen molar-refractivity contribution in [2.45, 2.75) is 59.6 Å². The molecule has 1 fully saturated rings. The Bertz CT molecular complexity index is 1430. The van der Waals surface area contributed by atoms with Crippen LogP contribution >= 0.6 is 0 Å². The van der Waals surface area contributed by atoms with Gasteiger partial charge in [-0.2, -0.15) is 10.1 Å². The number of hydrogen-bond acceptors (Lipinski definition) is 7. The first-order valence-electron chi connectivity index (χ1n) is 13.8. The third kappa shape index (κ3) is 6.70. The van der Waals surface area contributed by atoms with Crippen LogP contribution in [0.4, 0.5) is 4.79 Å². The van der Waals surface area contributed by atoms with Crippen molar-refractivity contribution in [2.75, 3.05) is 19.7 Å². The number of amides is 1. The molecule has 0 spiro atoms. The van der Waals surface area contributed by atoms with E-state index in [0.29, 0.717) is 38.0 Å². The summed E-state index contributed by atoms with van der Waals surface area (Å²) in [5.41, 5.74) is 5.51. The van der Waals surface area contributed by atoms with E-state index in [1.165, 1.54) is 17.5 Å². The monoisotopic (exact) mass is 543 g/mol. The molecular formula is C31H37N5O4. The fraction of sp³-hybridized carbons (Fsp3) is 0.419. The number of rotatable bonds is 7. The van der Waals surface area contributed by atoms with Crippen LogP contribution < -0.4 is 4.74 Å². The number of aromatic nitrogens is 4. The van der Waals surface area contributed by atoms with Crippen LogP contribution in [0.15, 0.2) is 59.4 Å². The van der Waals surface area contributed by atoms with Crippen LogP contribution in [0.2, 0.25) is 0 Å². The fourth-order valence-corrected chi connectivity index (χ4v) is 4.80. The number of hydrogen-bond donors (Lipinski definition) is 0. The zero-order valence-electron chi connectivity index (χ0n) is 23.9. The fourth-order valence-electron chi connectivity index (χ4n) is 4.80. The summed E-state index contributed by atoms with van der Waals surface area (Å²) in [5.74, 6) is 1.61. The van der Waals surface area contributed by atoms with E-state index >= 15 is 0 Å². The second-order valence-electron chi connectivity index (χ2n) is 11.5. The molecule has 0 bridgehead atoms. The van der Waals surface area contributed by atoms with Crippen LogP contribution in [-0.4, -0.2) is 56.2 Å². The third-order valence-corrected chi connectivity index (χ3v) is 7.06. The number of carbonyl (C=O) groups excluding carboxylic acids is 1. The standard InChI is InChI=1S/C31H37N5O4/c1-21-6-8-23(9-7-21)18-36-22(2)16-28(33-36)27-17-25(10-11-26(27)29-32-20-39-34-29)38-19-24-12-14-35(15-13-24)30(37)40-31(3,4)5/h6-11,16-17,20,24H,12-15,18-19H2,1-5H3. The average Bonchev–Trinajstić information content (AvgIpc) is 3.58. The van der Waals surface area contributed by atoms with Crippen LogP contribution in [0, 0.1) is 19.8 Å². The lowest BCUT2D eigenvalue weighted by molar-refractivity contribution is 0.0165. The van der Waals surface area contributed by atoms with E-state index in [9.17, 15) is 4.79 Å². The Labute approximate surface area is 235 Å². The number of likely N-dealkylation sites (tertiary alicyclic amines) is 1. The predicted octanol–water partition coefficient (Wildman–Crippen LogP) is 6.29. The van der Waals surface area contributed by atoms with Crippen LogP contribution in [0.1, 0.15) is 50.4 Å². The summed E-state index contributed by atoms with van der Waals surface area (Å²) < 4.78 is 18.8. The average molecular weight is 544 g/mol. The second kappa shape index (κ2) is 11.5. The van der Waals surface area contributed by atoms with Gasteiger partial charge in [0.05, 0.1) is 18.8 Å². The number of carbonyl (C=O) groups is 1. The maximum atomic E-state index is 12.4. The first kappa shape index (κ1) is 27.4. The van der Waals surface area contributed by atoms with Crippen LogP contribution in [0.3, 0.4) is 0 Å². The summed E-state index contributed by atoms with van der Waals surface area (Å²) in [6.45, 7) is 12.4. The number of benzene rings is 2. The highest BCUT2D eigenvalue weighted by molar-refractivity contribution is 5.79. The molecule has 1 aliphatic rings. The van der Waals surface area contributed by atoms with Crippen LogP contribution in [0.5, 0.6) is 5.75 Å². The Kier molecular flexibility index (Phi) is 7.91. The van der Waals surface area contributed by atoms with Gasteiger partial charge in [0.25, 0.3) is 0 Å². The van der Waals surface area contributed by atoms with Gasteiger partial charge in [0, 0.05) is 29.9 Å². The summed E-state index contributed by atoms with van der Waals surface area (Å²) in [7, 11) is 0. The van der Waals surface area contributed by atoms with Crippen molar-refractivity contribution in [2.24, 2.45) is 5.92 Å². The molecule has 5 rings (SSSR count). The van der Waals surface area contributed by atoms with Crippen molar-refractivity contribution in [3.63, 3.8) is 0 Å². The van der Waals surface area contributed by atoms with Gasteiger partial charge in [-0.05, 0) is 83.2 Å². The second-order valence-corrected chi connectivity index (χ2v) is 11.5. The zero-order chi connectivity index (χ0) is 28.3. The maximum absolute atomic E-state index is 12.4. The van der Waals surface area contributed by atoms with Crippen molar-refractivity contribution < 1.29 is 18.8 Å². The van der Waals surface area contributed by atoms with Crippen molar-refractivity contribution in [3.8, 4) is 28.4 Å². The maximum Gasteiger partial charge on any atom is 0.410 e. The Morgan fingerprint density at radius 3 is 2.45 bits per heavy atom. The van der Waals surface area contributed by atoms with Gasteiger partial charge in [0.2, 0.25) is 12.2 Å². The Morgan fingerprint density at radius 1 is 1.02 bits per heavy atom. The normalized spacial score (nSPS) is 14.4. The molecule has 0 saturated carbocycles. The number of aryl methyl sites for hydroxylation is 2. The minimum atomic E-state index is -0.489. The largest absolute Gasteiger partial charge is 0.493 e. The lowest BCUT2D eigenvalue weighted by Crippen LogP contribution is -2.42. The van der Waals surface area contributed by atoms with Gasteiger partial charge in [0.15, 0.2) is 0 Å². The molecular weight excluding hydrogens is 506 g/mol. The van der Waals surface area contributed by atoms with E-state index in [-0.39, 0.29) is 6.09 Å². The molecule has 9 nitrogen and oxygen atoms in total. The van der Waals surface area contributed by atoms with Crippen molar-refractivity contribution in [1.82, 2.24) is 24.8 Å². The van der Waals surface area contributed by atoms with E-state index < -0.39 is 5.60 Å². The quantitative estimate of drug-likeness (QED) is 0.270. The Hall–Kier alpha value is -4.14. The van der Waals surface area contributed by atoms with Gasteiger partial charge in [-0.15, -0.1) is 0 Å². The SMILES string of the molecule is Cc1ccc(Cn2nc(-c3cc(OCC4CCN(C(=O)OC(C)(C)C)CC4)ccc3-c3ncon3)cc2C)cc1. The van der Waals surface area contributed by atoms with Crippen molar-refractivity contribution in [1.29, 1.82) is 0 Å². The molecule has 210 valence electrons. The lowest BCUT2D eigenvalue weighted by Gasteiger charge is -2.33. The van der Waals surface area contributed by atoms with E-state index in [4.69, 9.17) is 19.1 Å². The molecule has 1 aliphatic heterocycles. The molecule has 4 aromatic rings. The van der Waals surface area contributed by atoms with E-state index in [0.717, 1.165) is 41.1 Å². The zero-order valence-corrected chi connectivity index (χ0v) is 23.9. The lowest BCUT2D eigenvalue weighted by atomic mass is 9.98. The topological polar surface area (TPSA) is 95.5 Å². The number of nitrogens with zero attached hydrogens (tertiary/aromatic N) is 5. The van der Waals surface area contributed by atoms with Gasteiger partial charge in [-0.25, -0.2) is 4.79 Å².